The number of hydrogen-bond donors (Lipinski definition) is 2. The number of carbonyl (C=O) groups excluding carboxylic acids is 3. The maximum Gasteiger partial charge on any atom is 0.431 e. The highest BCUT2D eigenvalue weighted by Gasteiger charge is 2.26. The lowest BCUT2D eigenvalue weighted by molar-refractivity contribution is -0.146. The lowest BCUT2D eigenvalue weighted by Gasteiger charge is -2.23. The van der Waals surface area contributed by atoms with Gasteiger partial charge < -0.3 is 14.8 Å². The van der Waals surface area contributed by atoms with Crippen LogP contribution in [0, 0.1) is 11.8 Å². The lowest BCUT2D eigenvalue weighted by Crippen LogP contribution is -2.44. The number of carbonyl (C=O) groups is 3. The summed E-state index contributed by atoms with van der Waals surface area (Å²) in [6, 6.07) is 8.53. The highest BCUT2D eigenvalue weighted by Crippen LogP contribution is 2.12. The molecule has 2 amide bonds. The van der Waals surface area contributed by atoms with Crippen molar-refractivity contribution in [1.29, 1.82) is 0 Å². The minimum Gasteiger partial charge on any atom is -0.467 e. The van der Waals surface area contributed by atoms with Gasteiger partial charge in [0.2, 0.25) is 5.91 Å². The lowest BCUT2D eigenvalue weighted by atomic mass is 10.0. The van der Waals surface area contributed by atoms with Crippen molar-refractivity contribution in [2.45, 2.75) is 59.3 Å². The Labute approximate surface area is 172 Å². The fraction of sp³-hybridized carbons (Fsp3) is 0.571. The zero-order valence-corrected chi connectivity index (χ0v) is 17.8. The van der Waals surface area contributed by atoms with E-state index in [0.29, 0.717) is 6.42 Å². The van der Waals surface area contributed by atoms with Crippen LogP contribution in [0.2, 0.25) is 0 Å². The standard InChI is InChI=1S/C21H32N2O6/c1-14(2)11-17(20(25)27-5)22-19(24)12-18(15(3)4)29-23-21(26)28-13-16-9-7-6-8-10-16/h6-10,14-15,17-18H,11-13H2,1-5H3,(H,22,24)(H,23,26)/t17-,18-/m0/s1. The average Bonchev–Trinajstić information content (AvgIpc) is 2.68. The van der Waals surface area contributed by atoms with E-state index in [0.717, 1.165) is 5.56 Å². The highest BCUT2D eigenvalue weighted by atomic mass is 16.7. The van der Waals surface area contributed by atoms with E-state index in [4.69, 9.17) is 14.3 Å². The number of methoxy groups -OCH3 is 1. The molecule has 1 aromatic carbocycles. The molecule has 8 nitrogen and oxygen atoms in total. The maximum absolute atomic E-state index is 12.4. The van der Waals surface area contributed by atoms with Crippen LogP contribution in [0.5, 0.6) is 0 Å². The summed E-state index contributed by atoms with van der Waals surface area (Å²) in [5.74, 6) is -0.703. The van der Waals surface area contributed by atoms with Crippen molar-refractivity contribution < 1.29 is 28.7 Å². The molecule has 0 unspecified atom stereocenters. The van der Waals surface area contributed by atoms with Crippen molar-refractivity contribution in [3.63, 3.8) is 0 Å². The van der Waals surface area contributed by atoms with E-state index >= 15 is 0 Å². The molecule has 0 saturated heterocycles. The summed E-state index contributed by atoms with van der Waals surface area (Å²) in [6.07, 6.45) is -0.887. The summed E-state index contributed by atoms with van der Waals surface area (Å²) in [7, 11) is 1.28. The molecular formula is C21H32N2O6. The van der Waals surface area contributed by atoms with Gasteiger partial charge in [-0.25, -0.2) is 9.59 Å². The maximum atomic E-state index is 12.4. The van der Waals surface area contributed by atoms with Crippen molar-refractivity contribution in [1.82, 2.24) is 10.8 Å². The summed E-state index contributed by atoms with van der Waals surface area (Å²) in [5, 5.41) is 2.68. The van der Waals surface area contributed by atoms with Crippen molar-refractivity contribution in [3.05, 3.63) is 35.9 Å². The predicted molar refractivity (Wildman–Crippen MR) is 107 cm³/mol. The molecule has 0 radical (unpaired) electrons. The van der Waals surface area contributed by atoms with Gasteiger partial charge in [0.15, 0.2) is 0 Å². The first-order chi connectivity index (χ1) is 13.7. The molecule has 29 heavy (non-hydrogen) atoms. The first-order valence-electron chi connectivity index (χ1n) is 9.72. The molecule has 0 saturated carbocycles. The smallest absolute Gasteiger partial charge is 0.431 e. The van der Waals surface area contributed by atoms with Crippen LogP contribution in [-0.4, -0.2) is 37.2 Å². The summed E-state index contributed by atoms with van der Waals surface area (Å²) >= 11 is 0. The van der Waals surface area contributed by atoms with Crippen LogP contribution in [0.15, 0.2) is 30.3 Å². The largest absolute Gasteiger partial charge is 0.467 e. The Morgan fingerprint density at radius 1 is 1.03 bits per heavy atom. The third kappa shape index (κ3) is 9.94. The zero-order chi connectivity index (χ0) is 21.8. The van der Waals surface area contributed by atoms with Crippen LogP contribution >= 0.6 is 0 Å². The number of amides is 2. The minimum absolute atomic E-state index is 0.0256. The molecule has 0 aromatic heterocycles. The first kappa shape index (κ1) is 24.4. The molecular weight excluding hydrogens is 376 g/mol. The van der Waals surface area contributed by atoms with Crippen molar-refractivity contribution in [3.8, 4) is 0 Å². The number of rotatable bonds is 11. The summed E-state index contributed by atoms with van der Waals surface area (Å²) in [4.78, 5) is 41.5. The number of esters is 1. The quantitative estimate of drug-likeness (QED) is 0.431. The fourth-order valence-electron chi connectivity index (χ4n) is 2.55. The van der Waals surface area contributed by atoms with Gasteiger partial charge in [-0.15, -0.1) is 0 Å². The van der Waals surface area contributed by atoms with Crippen LogP contribution in [0.25, 0.3) is 0 Å². The Morgan fingerprint density at radius 2 is 1.69 bits per heavy atom. The summed E-state index contributed by atoms with van der Waals surface area (Å²) in [6.45, 7) is 7.74. The van der Waals surface area contributed by atoms with Gasteiger partial charge in [-0.1, -0.05) is 58.0 Å². The van der Waals surface area contributed by atoms with Crippen molar-refractivity contribution >= 4 is 18.0 Å². The molecule has 0 aliphatic rings. The average molecular weight is 408 g/mol. The van der Waals surface area contributed by atoms with Crippen LogP contribution in [0.1, 0.15) is 46.1 Å². The third-order valence-electron chi connectivity index (χ3n) is 4.16. The van der Waals surface area contributed by atoms with Gasteiger partial charge in [-0.05, 0) is 23.8 Å². The Kier molecular flexibility index (Phi) is 10.8. The second-order valence-electron chi connectivity index (χ2n) is 7.54. The number of ether oxygens (including phenoxy) is 2. The number of nitrogens with one attached hydrogen (secondary N) is 2. The van der Waals surface area contributed by atoms with Crippen LogP contribution in [0.4, 0.5) is 4.79 Å². The van der Waals surface area contributed by atoms with E-state index in [1.807, 2.05) is 58.0 Å². The van der Waals surface area contributed by atoms with Gasteiger partial charge in [-0.2, -0.15) is 5.48 Å². The molecule has 1 rings (SSSR count). The Hall–Kier alpha value is -2.61. The summed E-state index contributed by atoms with van der Waals surface area (Å²) in [5.41, 5.74) is 3.07. The highest BCUT2D eigenvalue weighted by molar-refractivity contribution is 5.84. The molecule has 2 atom stereocenters. The van der Waals surface area contributed by atoms with Gasteiger partial charge in [-0.3, -0.25) is 9.63 Å². The van der Waals surface area contributed by atoms with E-state index in [1.54, 1.807) is 0 Å². The molecule has 8 heteroatoms. The van der Waals surface area contributed by atoms with Gasteiger partial charge in [0.05, 0.1) is 19.6 Å². The minimum atomic E-state index is -0.743. The second kappa shape index (κ2) is 12.8. The van der Waals surface area contributed by atoms with Crippen molar-refractivity contribution in [2.75, 3.05) is 7.11 Å². The normalized spacial score (nSPS) is 12.9. The number of hydrogen-bond acceptors (Lipinski definition) is 6. The van der Waals surface area contributed by atoms with Crippen LogP contribution in [-0.2, 0) is 30.5 Å². The monoisotopic (exact) mass is 408 g/mol. The molecule has 0 spiro atoms. The van der Waals surface area contributed by atoms with E-state index in [2.05, 4.69) is 10.8 Å². The van der Waals surface area contributed by atoms with Gasteiger partial charge in [0.1, 0.15) is 12.6 Å². The Morgan fingerprint density at radius 3 is 2.24 bits per heavy atom. The van der Waals surface area contributed by atoms with E-state index in [-0.39, 0.29) is 30.8 Å². The fourth-order valence-corrected chi connectivity index (χ4v) is 2.55. The number of hydroxylamine groups is 1. The Balaban J connectivity index is 2.51. The number of benzene rings is 1. The molecule has 0 bridgehead atoms. The van der Waals surface area contributed by atoms with E-state index in [1.165, 1.54) is 7.11 Å². The molecule has 2 N–H and O–H groups in total. The molecule has 0 aliphatic carbocycles. The Bertz CT molecular complexity index is 648. The van der Waals surface area contributed by atoms with Gasteiger partial charge >= 0.3 is 12.1 Å². The van der Waals surface area contributed by atoms with Crippen LogP contribution < -0.4 is 10.8 Å². The van der Waals surface area contributed by atoms with Gasteiger partial charge in [0.25, 0.3) is 0 Å². The third-order valence-corrected chi connectivity index (χ3v) is 4.16. The second-order valence-corrected chi connectivity index (χ2v) is 7.54. The van der Waals surface area contributed by atoms with E-state index in [9.17, 15) is 14.4 Å². The molecule has 0 aliphatic heterocycles. The topological polar surface area (TPSA) is 103 Å². The van der Waals surface area contributed by atoms with Crippen LogP contribution in [0.3, 0.4) is 0 Å². The van der Waals surface area contributed by atoms with E-state index < -0.39 is 24.2 Å². The van der Waals surface area contributed by atoms with Gasteiger partial charge in [0, 0.05) is 0 Å². The molecule has 1 aromatic rings. The van der Waals surface area contributed by atoms with Crippen molar-refractivity contribution in [2.24, 2.45) is 11.8 Å². The zero-order valence-electron chi connectivity index (χ0n) is 17.8. The predicted octanol–water partition coefficient (Wildman–Crippen LogP) is 2.96. The summed E-state index contributed by atoms with van der Waals surface area (Å²) < 4.78 is 9.83. The SMILES string of the molecule is COC(=O)[C@H](CC(C)C)NC(=O)C[C@H](ONC(=O)OCc1ccccc1)C(C)C. The molecule has 0 fully saturated rings. The molecule has 0 heterocycles. The molecule has 162 valence electrons. The first-order valence-corrected chi connectivity index (χ1v) is 9.72.